The molecule has 9 heteroatoms. The third-order valence-electron chi connectivity index (χ3n) is 4.43. The van der Waals surface area contributed by atoms with Crippen molar-refractivity contribution in [3.05, 3.63) is 40.9 Å². The van der Waals surface area contributed by atoms with Crippen LogP contribution in [-0.2, 0) is 20.7 Å². The van der Waals surface area contributed by atoms with E-state index in [1.165, 1.54) is 11.3 Å². The first kappa shape index (κ1) is 21.9. The van der Waals surface area contributed by atoms with Gasteiger partial charge < -0.3 is 9.47 Å². The Hall–Kier alpha value is -1.83. The highest BCUT2D eigenvalue weighted by Gasteiger charge is 2.52. The molecule has 1 aromatic carbocycles. The average Bonchev–Trinajstić information content (AvgIpc) is 3.06. The van der Waals surface area contributed by atoms with Gasteiger partial charge in [-0.15, -0.1) is 34.5 Å². The molecule has 1 N–H and O–H groups in total. The van der Waals surface area contributed by atoms with Crippen LogP contribution in [0.15, 0.2) is 29.6 Å². The number of aromatic nitrogens is 1. The van der Waals surface area contributed by atoms with E-state index in [1.807, 2.05) is 12.1 Å². The van der Waals surface area contributed by atoms with Crippen molar-refractivity contribution in [2.45, 2.75) is 49.5 Å². The van der Waals surface area contributed by atoms with Crippen LogP contribution in [-0.4, -0.2) is 33.4 Å². The predicted octanol–water partition coefficient (Wildman–Crippen LogP) is 4.71. The van der Waals surface area contributed by atoms with Gasteiger partial charge in [-0.3, -0.25) is 14.9 Å². The van der Waals surface area contributed by atoms with Gasteiger partial charge in [-0.2, -0.15) is 0 Å². The van der Waals surface area contributed by atoms with E-state index in [2.05, 4.69) is 10.3 Å². The minimum Gasteiger partial charge on any atom is -0.478 e. The molecular formula is C20H22Cl2N2O4S. The molecule has 1 unspecified atom stereocenters. The Morgan fingerprint density at radius 2 is 1.97 bits per heavy atom. The zero-order valence-electron chi connectivity index (χ0n) is 16.3. The Bertz CT molecular complexity index is 896. The van der Waals surface area contributed by atoms with E-state index in [0.717, 1.165) is 12.0 Å². The zero-order chi connectivity index (χ0) is 21.2. The number of carbonyl (C=O) groups excluding carboxylic acids is 2. The molecule has 0 bridgehead atoms. The van der Waals surface area contributed by atoms with E-state index in [1.54, 1.807) is 38.3 Å². The summed E-state index contributed by atoms with van der Waals surface area (Å²) in [5.41, 5.74) is 0.464. The lowest BCUT2D eigenvalue weighted by Gasteiger charge is -2.24. The second-order valence-corrected chi connectivity index (χ2v) is 9.68. The molecule has 0 spiro atoms. The molecule has 1 amide bonds. The maximum atomic E-state index is 12.6. The number of anilines is 1. The number of benzene rings is 1. The summed E-state index contributed by atoms with van der Waals surface area (Å²) >= 11 is 13.4. The van der Waals surface area contributed by atoms with Crippen molar-refractivity contribution in [3.63, 3.8) is 0 Å². The van der Waals surface area contributed by atoms with Crippen molar-refractivity contribution in [2.24, 2.45) is 0 Å². The van der Waals surface area contributed by atoms with Gasteiger partial charge in [0.1, 0.15) is 10.1 Å². The number of amides is 1. The SMILES string of the molecule is CCOC(=O)Cc1csc(NC(=O)C(C)(C)Oc2ccc(C3CC3(Cl)Cl)cc2)n1. The molecule has 0 radical (unpaired) electrons. The smallest absolute Gasteiger partial charge is 0.311 e. The zero-order valence-corrected chi connectivity index (χ0v) is 18.7. The van der Waals surface area contributed by atoms with E-state index in [9.17, 15) is 9.59 Å². The maximum Gasteiger partial charge on any atom is 0.311 e. The van der Waals surface area contributed by atoms with Crippen molar-refractivity contribution < 1.29 is 19.1 Å². The van der Waals surface area contributed by atoms with Gasteiger partial charge in [0, 0.05) is 11.3 Å². The number of nitrogens with one attached hydrogen (secondary N) is 1. The lowest BCUT2D eigenvalue weighted by Crippen LogP contribution is -2.42. The van der Waals surface area contributed by atoms with Crippen LogP contribution in [0.4, 0.5) is 5.13 Å². The third-order valence-corrected chi connectivity index (χ3v) is 6.07. The van der Waals surface area contributed by atoms with Crippen molar-refractivity contribution >= 4 is 51.5 Å². The largest absolute Gasteiger partial charge is 0.478 e. The number of nitrogens with zero attached hydrogens (tertiary/aromatic N) is 1. The number of hydrogen-bond donors (Lipinski definition) is 1. The molecule has 0 aliphatic heterocycles. The summed E-state index contributed by atoms with van der Waals surface area (Å²) in [6, 6.07) is 7.41. The monoisotopic (exact) mass is 456 g/mol. The number of carbonyl (C=O) groups is 2. The first-order valence-corrected chi connectivity index (χ1v) is 10.8. The molecule has 1 fully saturated rings. The summed E-state index contributed by atoms with van der Waals surface area (Å²) in [6.45, 7) is 5.41. The van der Waals surface area contributed by atoms with Crippen LogP contribution in [0.5, 0.6) is 5.75 Å². The van der Waals surface area contributed by atoms with E-state index in [0.29, 0.717) is 23.2 Å². The molecule has 1 heterocycles. The molecule has 6 nitrogen and oxygen atoms in total. The van der Waals surface area contributed by atoms with Gasteiger partial charge in [0.15, 0.2) is 10.7 Å². The van der Waals surface area contributed by atoms with Gasteiger partial charge in [0.05, 0.1) is 18.7 Å². The number of ether oxygens (including phenoxy) is 2. The first-order valence-electron chi connectivity index (χ1n) is 9.19. The fourth-order valence-corrected chi connectivity index (χ4v) is 4.00. The van der Waals surface area contributed by atoms with Crippen LogP contribution in [0, 0.1) is 0 Å². The summed E-state index contributed by atoms with van der Waals surface area (Å²) in [5.74, 6) is -0.00720. The van der Waals surface area contributed by atoms with Crippen LogP contribution >= 0.6 is 34.5 Å². The molecule has 3 rings (SSSR count). The topological polar surface area (TPSA) is 77.5 Å². The first-order chi connectivity index (χ1) is 13.6. The normalized spacial score (nSPS) is 17.5. The van der Waals surface area contributed by atoms with E-state index >= 15 is 0 Å². The van der Waals surface area contributed by atoms with Crippen LogP contribution in [0.2, 0.25) is 0 Å². The van der Waals surface area contributed by atoms with Gasteiger partial charge >= 0.3 is 5.97 Å². The summed E-state index contributed by atoms with van der Waals surface area (Å²) in [7, 11) is 0. The molecule has 1 aliphatic rings. The van der Waals surface area contributed by atoms with Gasteiger partial charge in [0.25, 0.3) is 5.91 Å². The Balaban J connectivity index is 1.57. The summed E-state index contributed by atoms with van der Waals surface area (Å²) in [5, 5.41) is 4.85. The molecular weight excluding hydrogens is 435 g/mol. The molecule has 1 aromatic heterocycles. The Labute approximate surface area is 183 Å². The highest BCUT2D eigenvalue weighted by molar-refractivity contribution is 7.14. The number of thiazole rings is 1. The summed E-state index contributed by atoms with van der Waals surface area (Å²) in [6.07, 6.45) is 0.801. The molecule has 1 atom stereocenters. The number of hydrogen-bond acceptors (Lipinski definition) is 6. The molecule has 156 valence electrons. The predicted molar refractivity (Wildman–Crippen MR) is 114 cm³/mol. The van der Waals surface area contributed by atoms with Gasteiger partial charge in [-0.05, 0) is 44.9 Å². The minimum atomic E-state index is -1.13. The standard InChI is InChI=1S/C20H22Cl2N2O4S/c1-4-27-16(25)9-13-11-29-18(23-13)24-17(26)19(2,3)28-14-7-5-12(6-8-14)15-10-20(15,21)22/h5-8,11,15H,4,9-10H2,1-3H3,(H,23,24,26). The highest BCUT2D eigenvalue weighted by Crippen LogP contribution is 2.59. The van der Waals surface area contributed by atoms with Crippen molar-refractivity contribution in [2.75, 3.05) is 11.9 Å². The molecule has 0 saturated heterocycles. The average molecular weight is 457 g/mol. The number of rotatable bonds is 8. The van der Waals surface area contributed by atoms with E-state index < -0.39 is 9.93 Å². The molecule has 1 saturated carbocycles. The molecule has 29 heavy (non-hydrogen) atoms. The van der Waals surface area contributed by atoms with Gasteiger partial charge in [0.2, 0.25) is 0 Å². The second-order valence-electron chi connectivity index (χ2n) is 7.28. The van der Waals surface area contributed by atoms with E-state index in [-0.39, 0.29) is 24.2 Å². The number of esters is 1. The highest BCUT2D eigenvalue weighted by atomic mass is 35.5. The van der Waals surface area contributed by atoms with Crippen molar-refractivity contribution in [1.82, 2.24) is 4.98 Å². The minimum absolute atomic E-state index is 0.0688. The number of halogens is 2. The summed E-state index contributed by atoms with van der Waals surface area (Å²) in [4.78, 5) is 28.4. The Kier molecular flexibility index (Phi) is 6.41. The van der Waals surface area contributed by atoms with Crippen LogP contribution < -0.4 is 10.1 Å². The Morgan fingerprint density at radius 1 is 1.31 bits per heavy atom. The van der Waals surface area contributed by atoms with Crippen LogP contribution in [0.3, 0.4) is 0 Å². The second kappa shape index (κ2) is 8.50. The van der Waals surface area contributed by atoms with Crippen molar-refractivity contribution in [1.29, 1.82) is 0 Å². The fourth-order valence-electron chi connectivity index (χ4n) is 2.74. The lowest BCUT2D eigenvalue weighted by molar-refractivity contribution is -0.142. The Morgan fingerprint density at radius 3 is 2.55 bits per heavy atom. The quantitative estimate of drug-likeness (QED) is 0.459. The van der Waals surface area contributed by atoms with Gasteiger partial charge in [-0.1, -0.05) is 12.1 Å². The summed E-state index contributed by atoms with van der Waals surface area (Å²) < 4.78 is 10.1. The molecule has 1 aliphatic carbocycles. The molecule has 2 aromatic rings. The van der Waals surface area contributed by atoms with E-state index in [4.69, 9.17) is 32.7 Å². The third kappa shape index (κ3) is 5.62. The number of alkyl halides is 2. The van der Waals surface area contributed by atoms with Gasteiger partial charge in [-0.25, -0.2) is 4.98 Å². The maximum absolute atomic E-state index is 12.6. The lowest BCUT2D eigenvalue weighted by atomic mass is 10.1. The van der Waals surface area contributed by atoms with Crippen molar-refractivity contribution in [3.8, 4) is 5.75 Å². The fraction of sp³-hybridized carbons (Fsp3) is 0.450. The van der Waals surface area contributed by atoms with Crippen LogP contribution in [0.1, 0.15) is 44.4 Å². The van der Waals surface area contributed by atoms with Crippen LogP contribution in [0.25, 0.3) is 0 Å².